The third-order valence-electron chi connectivity index (χ3n) is 3.86. The van der Waals surface area contributed by atoms with E-state index in [0.29, 0.717) is 11.5 Å². The molecular formula is C16H17N3O2. The van der Waals surface area contributed by atoms with Crippen LogP contribution in [0.1, 0.15) is 22.3 Å². The van der Waals surface area contributed by atoms with Crippen LogP contribution in [0.5, 0.6) is 5.75 Å². The number of likely N-dealkylation sites (tertiary alicyclic amines) is 1. The Labute approximate surface area is 123 Å². The molecule has 1 aliphatic heterocycles. The molecule has 1 N–H and O–H groups in total. The summed E-state index contributed by atoms with van der Waals surface area (Å²) in [6.45, 7) is 1.55. The maximum Gasteiger partial charge on any atom is 0.255 e. The minimum absolute atomic E-state index is 0.0260. The molecule has 0 bridgehead atoms. The Balaban J connectivity index is 1.60. The van der Waals surface area contributed by atoms with Gasteiger partial charge in [-0.1, -0.05) is 12.1 Å². The molecule has 108 valence electrons. The fraction of sp³-hybridized carbons (Fsp3) is 0.312. The molecule has 0 saturated carbocycles. The molecule has 0 aliphatic carbocycles. The Kier molecular flexibility index (Phi) is 3.81. The van der Waals surface area contributed by atoms with Crippen molar-refractivity contribution in [3.05, 3.63) is 53.9 Å². The summed E-state index contributed by atoms with van der Waals surface area (Å²) in [5, 5.41) is 16.7. The quantitative estimate of drug-likeness (QED) is 0.934. The maximum atomic E-state index is 12.3. The summed E-state index contributed by atoms with van der Waals surface area (Å²) in [5.74, 6) is 0.776. The highest BCUT2D eigenvalue weighted by molar-refractivity contribution is 5.93. The lowest BCUT2D eigenvalue weighted by Gasteiger charge is -2.16. The van der Waals surface area contributed by atoms with Crippen molar-refractivity contribution < 1.29 is 9.90 Å². The van der Waals surface area contributed by atoms with Gasteiger partial charge in [-0.05, 0) is 42.5 Å². The molecule has 1 aliphatic rings. The first-order valence-corrected chi connectivity index (χ1v) is 7.06. The zero-order valence-corrected chi connectivity index (χ0v) is 11.6. The standard InChI is InChI=1S/C16H17N3O2/c20-15-3-1-12(2-4-15)9-13-6-8-19(11-13)16(21)14-5-7-17-18-10-14/h1-5,7,10,13,20H,6,8-9,11H2. The van der Waals surface area contributed by atoms with Gasteiger partial charge in [0.1, 0.15) is 5.75 Å². The summed E-state index contributed by atoms with van der Waals surface area (Å²) in [4.78, 5) is 14.2. The number of hydrogen-bond acceptors (Lipinski definition) is 4. The Morgan fingerprint density at radius 3 is 2.76 bits per heavy atom. The van der Waals surface area contributed by atoms with E-state index < -0.39 is 0 Å². The fourth-order valence-corrected chi connectivity index (χ4v) is 2.75. The normalized spacial score (nSPS) is 17.9. The number of aromatic hydroxyl groups is 1. The molecule has 1 atom stereocenters. The number of aromatic nitrogens is 2. The fourth-order valence-electron chi connectivity index (χ4n) is 2.75. The minimum atomic E-state index is 0.0260. The third-order valence-corrected chi connectivity index (χ3v) is 3.86. The van der Waals surface area contributed by atoms with Crippen molar-refractivity contribution in [2.24, 2.45) is 5.92 Å². The lowest BCUT2D eigenvalue weighted by atomic mass is 9.99. The van der Waals surface area contributed by atoms with Crippen molar-refractivity contribution in [1.29, 1.82) is 0 Å². The van der Waals surface area contributed by atoms with Crippen molar-refractivity contribution in [3.8, 4) is 5.75 Å². The second-order valence-electron chi connectivity index (χ2n) is 5.41. The van der Waals surface area contributed by atoms with Gasteiger partial charge in [0.25, 0.3) is 5.91 Å². The molecule has 2 aromatic rings. The van der Waals surface area contributed by atoms with Crippen molar-refractivity contribution >= 4 is 5.91 Å². The Morgan fingerprint density at radius 1 is 1.24 bits per heavy atom. The topological polar surface area (TPSA) is 66.3 Å². The van der Waals surface area contributed by atoms with Gasteiger partial charge in [0.15, 0.2) is 0 Å². The molecule has 3 rings (SSSR count). The number of nitrogens with zero attached hydrogens (tertiary/aromatic N) is 3. The van der Waals surface area contributed by atoms with Crippen molar-refractivity contribution in [2.45, 2.75) is 12.8 Å². The van der Waals surface area contributed by atoms with Gasteiger partial charge in [0.2, 0.25) is 0 Å². The third kappa shape index (κ3) is 3.18. The average molecular weight is 283 g/mol. The van der Waals surface area contributed by atoms with Gasteiger partial charge >= 0.3 is 0 Å². The largest absolute Gasteiger partial charge is 0.508 e. The first kappa shape index (κ1) is 13.5. The van der Waals surface area contributed by atoms with Crippen molar-refractivity contribution in [1.82, 2.24) is 15.1 Å². The summed E-state index contributed by atoms with van der Waals surface area (Å²) in [6.07, 6.45) is 4.98. The highest BCUT2D eigenvalue weighted by Crippen LogP contribution is 2.23. The second kappa shape index (κ2) is 5.91. The van der Waals surface area contributed by atoms with E-state index in [-0.39, 0.29) is 11.7 Å². The van der Waals surface area contributed by atoms with Crippen LogP contribution in [0, 0.1) is 5.92 Å². The van der Waals surface area contributed by atoms with Gasteiger partial charge in [0.05, 0.1) is 18.0 Å². The molecule has 0 radical (unpaired) electrons. The second-order valence-corrected chi connectivity index (χ2v) is 5.41. The van der Waals surface area contributed by atoms with Gasteiger partial charge in [-0.2, -0.15) is 10.2 Å². The summed E-state index contributed by atoms with van der Waals surface area (Å²) in [5.41, 5.74) is 1.79. The number of hydrogen-bond donors (Lipinski definition) is 1. The highest BCUT2D eigenvalue weighted by Gasteiger charge is 2.27. The molecule has 1 fully saturated rings. The van der Waals surface area contributed by atoms with Crippen LogP contribution in [0.25, 0.3) is 0 Å². The van der Waals surface area contributed by atoms with E-state index in [4.69, 9.17) is 0 Å². The molecule has 2 heterocycles. The zero-order valence-electron chi connectivity index (χ0n) is 11.6. The van der Waals surface area contributed by atoms with Crippen LogP contribution in [0.2, 0.25) is 0 Å². The molecular weight excluding hydrogens is 266 g/mol. The molecule has 1 amide bonds. The minimum Gasteiger partial charge on any atom is -0.508 e. The lowest BCUT2D eigenvalue weighted by molar-refractivity contribution is 0.0786. The smallest absolute Gasteiger partial charge is 0.255 e. The van der Waals surface area contributed by atoms with Crippen LogP contribution < -0.4 is 0 Å². The summed E-state index contributed by atoms with van der Waals surface area (Å²) in [6, 6.07) is 8.98. The average Bonchev–Trinajstić information content (AvgIpc) is 2.98. The number of carbonyl (C=O) groups is 1. The molecule has 5 nitrogen and oxygen atoms in total. The number of phenols is 1. The van der Waals surface area contributed by atoms with Gasteiger partial charge in [0, 0.05) is 13.1 Å². The Hall–Kier alpha value is -2.43. The SMILES string of the molecule is O=C(c1ccnnc1)N1CCC(Cc2ccc(O)cc2)C1. The van der Waals surface area contributed by atoms with Crippen molar-refractivity contribution in [2.75, 3.05) is 13.1 Å². The number of phenolic OH excluding ortho intramolecular Hbond substituents is 1. The number of benzene rings is 1. The number of rotatable bonds is 3. The van der Waals surface area contributed by atoms with Crippen LogP contribution in [0.3, 0.4) is 0 Å². The summed E-state index contributed by atoms with van der Waals surface area (Å²) < 4.78 is 0. The first-order valence-electron chi connectivity index (χ1n) is 7.06. The Morgan fingerprint density at radius 2 is 2.05 bits per heavy atom. The molecule has 21 heavy (non-hydrogen) atoms. The number of carbonyl (C=O) groups excluding carboxylic acids is 1. The van der Waals surface area contributed by atoms with Crippen LogP contribution in [0.15, 0.2) is 42.7 Å². The molecule has 1 aromatic carbocycles. The van der Waals surface area contributed by atoms with E-state index in [2.05, 4.69) is 10.2 Å². The maximum absolute atomic E-state index is 12.3. The van der Waals surface area contributed by atoms with Crippen LogP contribution in [-0.2, 0) is 6.42 Å². The van der Waals surface area contributed by atoms with Crippen LogP contribution in [0.4, 0.5) is 0 Å². The zero-order chi connectivity index (χ0) is 14.7. The molecule has 5 heteroatoms. The van der Waals surface area contributed by atoms with E-state index in [1.54, 1.807) is 18.2 Å². The molecule has 1 unspecified atom stereocenters. The predicted molar refractivity (Wildman–Crippen MR) is 77.9 cm³/mol. The molecule has 0 spiro atoms. The Bertz CT molecular complexity index is 613. The highest BCUT2D eigenvalue weighted by atomic mass is 16.3. The van der Waals surface area contributed by atoms with Gasteiger partial charge in [-0.25, -0.2) is 0 Å². The van der Waals surface area contributed by atoms with E-state index in [1.165, 1.54) is 18.0 Å². The molecule has 1 aromatic heterocycles. The number of amides is 1. The lowest BCUT2D eigenvalue weighted by Crippen LogP contribution is -2.29. The molecule has 1 saturated heterocycles. The first-order chi connectivity index (χ1) is 10.2. The van der Waals surface area contributed by atoms with Crippen LogP contribution >= 0.6 is 0 Å². The predicted octanol–water partition coefficient (Wildman–Crippen LogP) is 1.89. The summed E-state index contributed by atoms with van der Waals surface area (Å²) >= 11 is 0. The van der Waals surface area contributed by atoms with Crippen LogP contribution in [-0.4, -0.2) is 39.2 Å². The van der Waals surface area contributed by atoms with Gasteiger partial charge in [-0.3, -0.25) is 4.79 Å². The monoisotopic (exact) mass is 283 g/mol. The van der Waals surface area contributed by atoms with Gasteiger partial charge in [-0.15, -0.1) is 0 Å². The summed E-state index contributed by atoms with van der Waals surface area (Å²) in [7, 11) is 0. The van der Waals surface area contributed by atoms with Gasteiger partial charge < -0.3 is 10.0 Å². The van der Waals surface area contributed by atoms with E-state index in [1.807, 2.05) is 17.0 Å². The van der Waals surface area contributed by atoms with Crippen molar-refractivity contribution in [3.63, 3.8) is 0 Å². The van der Waals surface area contributed by atoms with E-state index >= 15 is 0 Å². The van der Waals surface area contributed by atoms with E-state index in [0.717, 1.165) is 25.9 Å². The van der Waals surface area contributed by atoms with E-state index in [9.17, 15) is 9.90 Å².